The summed E-state index contributed by atoms with van der Waals surface area (Å²) in [6, 6.07) is 0. The van der Waals surface area contributed by atoms with Gasteiger partial charge in [0.1, 0.15) is 4.60 Å². The molecule has 1 atom stereocenters. The molecular weight excluding hydrogens is 264 g/mol. The number of carbonyl (C=O) groups excluding carboxylic acids is 1. The minimum atomic E-state index is -0.0711. The van der Waals surface area contributed by atoms with E-state index < -0.39 is 0 Å². The van der Waals surface area contributed by atoms with Crippen LogP contribution in [0.2, 0.25) is 0 Å². The van der Waals surface area contributed by atoms with Gasteiger partial charge in [0.2, 0.25) is 5.91 Å². The molecule has 1 aromatic heterocycles. The lowest BCUT2D eigenvalue weighted by molar-refractivity contribution is -0.117. The fourth-order valence-corrected chi connectivity index (χ4v) is 1.66. The van der Waals surface area contributed by atoms with Crippen molar-refractivity contribution in [2.45, 2.75) is 6.42 Å². The molecule has 15 heavy (non-hydrogen) atoms. The van der Waals surface area contributed by atoms with Gasteiger partial charge in [-0.2, -0.15) is 0 Å². The highest BCUT2D eigenvalue weighted by Gasteiger charge is 2.31. The summed E-state index contributed by atoms with van der Waals surface area (Å²) in [7, 11) is 0. The Morgan fingerprint density at radius 1 is 1.60 bits per heavy atom. The van der Waals surface area contributed by atoms with E-state index in [9.17, 15) is 4.79 Å². The van der Waals surface area contributed by atoms with Crippen molar-refractivity contribution in [2.75, 3.05) is 18.1 Å². The zero-order chi connectivity index (χ0) is 10.8. The zero-order valence-electron chi connectivity index (χ0n) is 7.80. The Bertz CT molecular complexity index is 369. The van der Waals surface area contributed by atoms with Crippen LogP contribution in [-0.2, 0) is 4.79 Å². The van der Waals surface area contributed by atoms with Gasteiger partial charge in [0.15, 0.2) is 0 Å². The standard InChI is InChI=1S/C8H9BrN4O2/c9-6-2-10-8(12-11-6)13-3-5(4-14)1-7(13)15/h2,5,14H,1,3-4H2. The number of hydrogen-bond acceptors (Lipinski definition) is 5. The summed E-state index contributed by atoms with van der Waals surface area (Å²) in [5, 5.41) is 16.5. The first-order valence-electron chi connectivity index (χ1n) is 4.47. The lowest BCUT2D eigenvalue weighted by atomic mass is 10.1. The maximum Gasteiger partial charge on any atom is 0.252 e. The summed E-state index contributed by atoms with van der Waals surface area (Å²) >= 11 is 3.12. The number of anilines is 1. The minimum Gasteiger partial charge on any atom is -0.396 e. The van der Waals surface area contributed by atoms with E-state index in [1.165, 1.54) is 11.1 Å². The molecule has 1 aromatic rings. The number of carbonyl (C=O) groups is 1. The summed E-state index contributed by atoms with van der Waals surface area (Å²) in [6.45, 7) is 0.463. The molecule has 2 heterocycles. The van der Waals surface area contributed by atoms with Gasteiger partial charge in [-0.25, -0.2) is 4.98 Å². The van der Waals surface area contributed by atoms with Crippen LogP contribution in [0.4, 0.5) is 5.95 Å². The maximum absolute atomic E-state index is 11.5. The molecule has 1 fully saturated rings. The first-order chi connectivity index (χ1) is 7.20. The third-order valence-corrected chi connectivity index (χ3v) is 2.59. The molecular formula is C8H9BrN4O2. The number of aliphatic hydroxyl groups is 1. The second kappa shape index (κ2) is 4.19. The molecule has 1 unspecified atom stereocenters. The topological polar surface area (TPSA) is 79.2 Å². The molecule has 1 amide bonds. The second-order valence-electron chi connectivity index (χ2n) is 3.34. The Morgan fingerprint density at radius 3 is 2.93 bits per heavy atom. The predicted molar refractivity (Wildman–Crippen MR) is 55.1 cm³/mol. The van der Waals surface area contributed by atoms with Gasteiger partial charge in [0.05, 0.1) is 6.20 Å². The predicted octanol–water partition coefficient (Wildman–Crippen LogP) is -0.0207. The summed E-state index contributed by atoms with van der Waals surface area (Å²) in [4.78, 5) is 17.0. The van der Waals surface area contributed by atoms with Crippen LogP contribution in [0.1, 0.15) is 6.42 Å². The van der Waals surface area contributed by atoms with Crippen LogP contribution in [0.25, 0.3) is 0 Å². The van der Waals surface area contributed by atoms with Crippen LogP contribution < -0.4 is 4.90 Å². The highest BCUT2D eigenvalue weighted by atomic mass is 79.9. The molecule has 1 aliphatic heterocycles. The highest BCUT2D eigenvalue weighted by Crippen LogP contribution is 2.21. The van der Waals surface area contributed by atoms with Gasteiger partial charge in [0, 0.05) is 25.5 Å². The number of hydrogen-bond donors (Lipinski definition) is 1. The molecule has 7 heteroatoms. The summed E-state index contributed by atoms with van der Waals surface area (Å²) in [6.07, 6.45) is 1.83. The quantitative estimate of drug-likeness (QED) is 0.819. The Kier molecular flexibility index (Phi) is 2.92. The normalized spacial score (nSPS) is 21.1. The monoisotopic (exact) mass is 272 g/mol. The number of halogens is 1. The average molecular weight is 273 g/mol. The van der Waals surface area contributed by atoms with E-state index in [0.29, 0.717) is 23.5 Å². The van der Waals surface area contributed by atoms with Crippen molar-refractivity contribution < 1.29 is 9.90 Å². The van der Waals surface area contributed by atoms with Crippen molar-refractivity contribution in [3.63, 3.8) is 0 Å². The van der Waals surface area contributed by atoms with Crippen LogP contribution in [0.15, 0.2) is 10.8 Å². The van der Waals surface area contributed by atoms with Gasteiger partial charge in [-0.3, -0.25) is 9.69 Å². The molecule has 0 radical (unpaired) electrons. The summed E-state index contributed by atoms with van der Waals surface area (Å²) < 4.78 is 0.525. The molecule has 1 saturated heterocycles. The van der Waals surface area contributed by atoms with Gasteiger partial charge in [-0.05, 0) is 15.9 Å². The first kappa shape index (κ1) is 10.4. The van der Waals surface area contributed by atoms with Gasteiger partial charge < -0.3 is 5.11 Å². The molecule has 0 bridgehead atoms. The molecule has 1 N–H and O–H groups in total. The molecule has 0 saturated carbocycles. The number of aliphatic hydroxyl groups excluding tert-OH is 1. The van der Waals surface area contributed by atoms with E-state index in [2.05, 4.69) is 31.1 Å². The molecule has 80 valence electrons. The number of rotatable bonds is 2. The number of amides is 1. The molecule has 0 aromatic carbocycles. The van der Waals surface area contributed by atoms with Gasteiger partial charge in [-0.1, -0.05) is 0 Å². The summed E-state index contributed by atoms with van der Waals surface area (Å²) in [5.41, 5.74) is 0. The smallest absolute Gasteiger partial charge is 0.252 e. The molecule has 0 aliphatic carbocycles. The van der Waals surface area contributed by atoms with Crippen molar-refractivity contribution in [3.8, 4) is 0 Å². The Labute approximate surface area is 94.5 Å². The van der Waals surface area contributed by atoms with Crippen LogP contribution in [0.3, 0.4) is 0 Å². The molecule has 2 rings (SSSR count). The van der Waals surface area contributed by atoms with E-state index in [1.807, 2.05) is 0 Å². The van der Waals surface area contributed by atoms with Crippen LogP contribution >= 0.6 is 15.9 Å². The average Bonchev–Trinajstić information content (AvgIpc) is 2.61. The van der Waals surface area contributed by atoms with Crippen LogP contribution in [-0.4, -0.2) is 39.3 Å². The minimum absolute atomic E-state index is 0.00615. The van der Waals surface area contributed by atoms with Crippen molar-refractivity contribution in [2.24, 2.45) is 5.92 Å². The van der Waals surface area contributed by atoms with E-state index in [1.54, 1.807) is 0 Å². The second-order valence-corrected chi connectivity index (χ2v) is 4.15. The Hall–Kier alpha value is -1.08. The third-order valence-electron chi connectivity index (χ3n) is 2.23. The van der Waals surface area contributed by atoms with E-state index >= 15 is 0 Å². The van der Waals surface area contributed by atoms with Crippen molar-refractivity contribution in [1.29, 1.82) is 0 Å². The lowest BCUT2D eigenvalue weighted by Crippen LogP contribution is -2.27. The zero-order valence-corrected chi connectivity index (χ0v) is 9.38. The highest BCUT2D eigenvalue weighted by molar-refractivity contribution is 9.10. The van der Waals surface area contributed by atoms with Crippen molar-refractivity contribution in [1.82, 2.24) is 15.2 Å². The number of nitrogens with zero attached hydrogens (tertiary/aromatic N) is 4. The Balaban J connectivity index is 2.18. The lowest BCUT2D eigenvalue weighted by Gasteiger charge is -2.12. The van der Waals surface area contributed by atoms with Crippen molar-refractivity contribution in [3.05, 3.63) is 10.8 Å². The van der Waals surface area contributed by atoms with Gasteiger partial charge >= 0.3 is 0 Å². The molecule has 6 nitrogen and oxygen atoms in total. The van der Waals surface area contributed by atoms with Gasteiger partial charge in [-0.15, -0.1) is 10.2 Å². The first-order valence-corrected chi connectivity index (χ1v) is 5.26. The molecule has 1 aliphatic rings. The van der Waals surface area contributed by atoms with E-state index in [-0.39, 0.29) is 18.4 Å². The van der Waals surface area contributed by atoms with Crippen LogP contribution in [0.5, 0.6) is 0 Å². The largest absolute Gasteiger partial charge is 0.396 e. The van der Waals surface area contributed by atoms with Gasteiger partial charge in [0.25, 0.3) is 5.95 Å². The fourth-order valence-electron chi connectivity index (χ4n) is 1.48. The maximum atomic E-state index is 11.5. The SMILES string of the molecule is O=C1CC(CO)CN1c1ncc(Br)nn1. The third kappa shape index (κ3) is 2.13. The van der Waals surface area contributed by atoms with E-state index in [0.717, 1.165) is 0 Å². The summed E-state index contributed by atoms with van der Waals surface area (Å²) in [5.74, 6) is 0.196. The van der Waals surface area contributed by atoms with Crippen molar-refractivity contribution >= 4 is 27.8 Å². The molecule has 0 spiro atoms. The fraction of sp³-hybridized carbons (Fsp3) is 0.500. The number of aromatic nitrogens is 3. The Morgan fingerprint density at radius 2 is 2.40 bits per heavy atom. The van der Waals surface area contributed by atoms with E-state index in [4.69, 9.17) is 5.11 Å². The van der Waals surface area contributed by atoms with Crippen LogP contribution in [0, 0.1) is 5.92 Å².